The van der Waals surface area contributed by atoms with Crippen molar-refractivity contribution >= 4 is 5.91 Å². The highest BCUT2D eigenvalue weighted by Gasteiger charge is 2.12. The fourth-order valence-electron chi connectivity index (χ4n) is 2.69. The maximum absolute atomic E-state index is 11.9. The van der Waals surface area contributed by atoms with Crippen LogP contribution in [0.5, 0.6) is 5.75 Å². The maximum atomic E-state index is 11.9. The van der Waals surface area contributed by atoms with Gasteiger partial charge in [-0.3, -0.25) is 9.69 Å². The summed E-state index contributed by atoms with van der Waals surface area (Å²) in [6.07, 6.45) is 0.750. The van der Waals surface area contributed by atoms with Gasteiger partial charge >= 0.3 is 0 Å². The number of aromatic nitrogens is 2. The van der Waals surface area contributed by atoms with Crippen LogP contribution in [0.15, 0.2) is 28.7 Å². The molecule has 0 saturated carbocycles. The van der Waals surface area contributed by atoms with Crippen molar-refractivity contribution in [3.05, 3.63) is 30.2 Å². The first-order chi connectivity index (χ1) is 12.7. The molecule has 0 aliphatic carbocycles. The number of morpholine rings is 1. The van der Waals surface area contributed by atoms with E-state index in [1.165, 1.54) is 0 Å². The zero-order valence-corrected chi connectivity index (χ0v) is 14.9. The molecule has 1 amide bonds. The minimum absolute atomic E-state index is 0.0116. The van der Waals surface area contributed by atoms with Crippen molar-refractivity contribution in [1.82, 2.24) is 20.4 Å². The van der Waals surface area contributed by atoms with Gasteiger partial charge in [0, 0.05) is 44.6 Å². The van der Waals surface area contributed by atoms with Gasteiger partial charge in [0.2, 0.25) is 17.7 Å². The molecule has 1 aromatic carbocycles. The Kier molecular flexibility index (Phi) is 6.56. The lowest BCUT2D eigenvalue weighted by Crippen LogP contribution is -2.41. The summed E-state index contributed by atoms with van der Waals surface area (Å²) in [4.78, 5) is 14.2. The van der Waals surface area contributed by atoms with Gasteiger partial charge in [0.05, 0.1) is 20.3 Å². The number of hydrogen-bond donors (Lipinski definition) is 1. The van der Waals surface area contributed by atoms with Gasteiger partial charge < -0.3 is 19.2 Å². The van der Waals surface area contributed by atoms with Crippen LogP contribution >= 0.6 is 0 Å². The quantitative estimate of drug-likeness (QED) is 0.755. The molecule has 1 fully saturated rings. The van der Waals surface area contributed by atoms with Crippen LogP contribution in [0.4, 0.5) is 0 Å². The molecule has 2 heterocycles. The van der Waals surface area contributed by atoms with Crippen LogP contribution in [-0.2, 0) is 16.0 Å². The Morgan fingerprint density at radius 3 is 2.73 bits per heavy atom. The van der Waals surface area contributed by atoms with Gasteiger partial charge in [0.25, 0.3) is 0 Å². The van der Waals surface area contributed by atoms with E-state index in [1.54, 1.807) is 7.11 Å². The van der Waals surface area contributed by atoms with Crippen molar-refractivity contribution < 1.29 is 18.7 Å². The standard InChI is InChI=1S/C18H24N4O4/c1-24-15-4-2-14(3-5-15)18-21-20-17(26-18)7-6-16(23)19-8-9-22-10-12-25-13-11-22/h2-5H,6-13H2,1H3,(H,19,23). The van der Waals surface area contributed by atoms with Gasteiger partial charge in [-0.1, -0.05) is 0 Å². The number of aryl methyl sites for hydroxylation is 1. The number of nitrogens with zero attached hydrogens (tertiary/aromatic N) is 3. The Balaban J connectivity index is 1.40. The van der Waals surface area contributed by atoms with E-state index in [4.69, 9.17) is 13.9 Å². The van der Waals surface area contributed by atoms with E-state index >= 15 is 0 Å². The topological polar surface area (TPSA) is 89.7 Å². The molecule has 0 spiro atoms. The summed E-state index contributed by atoms with van der Waals surface area (Å²) in [6.45, 7) is 4.86. The lowest BCUT2D eigenvalue weighted by Gasteiger charge is -2.26. The predicted octanol–water partition coefficient (Wildman–Crippen LogP) is 1.13. The molecule has 1 saturated heterocycles. The number of amides is 1. The van der Waals surface area contributed by atoms with E-state index in [0.717, 1.165) is 44.2 Å². The molecule has 0 atom stereocenters. The van der Waals surface area contributed by atoms with E-state index in [0.29, 0.717) is 31.2 Å². The molecular formula is C18H24N4O4. The number of nitrogens with one attached hydrogen (secondary N) is 1. The van der Waals surface area contributed by atoms with Gasteiger partial charge in [-0.2, -0.15) is 0 Å². The van der Waals surface area contributed by atoms with Crippen LogP contribution in [0.25, 0.3) is 11.5 Å². The molecule has 1 N–H and O–H groups in total. The first-order valence-electron chi connectivity index (χ1n) is 8.78. The number of benzene rings is 1. The second-order valence-corrected chi connectivity index (χ2v) is 6.03. The normalized spacial score (nSPS) is 15.0. The zero-order chi connectivity index (χ0) is 18.2. The Morgan fingerprint density at radius 1 is 1.23 bits per heavy atom. The van der Waals surface area contributed by atoms with Gasteiger partial charge in [-0.25, -0.2) is 0 Å². The fourth-order valence-corrected chi connectivity index (χ4v) is 2.69. The monoisotopic (exact) mass is 360 g/mol. The lowest BCUT2D eigenvalue weighted by atomic mass is 10.2. The van der Waals surface area contributed by atoms with Crippen molar-refractivity contribution in [3.63, 3.8) is 0 Å². The van der Waals surface area contributed by atoms with E-state index in [2.05, 4.69) is 20.4 Å². The molecule has 0 radical (unpaired) electrons. The fraction of sp³-hybridized carbons (Fsp3) is 0.500. The second kappa shape index (κ2) is 9.30. The summed E-state index contributed by atoms with van der Waals surface area (Å²) in [5, 5.41) is 11.0. The summed E-state index contributed by atoms with van der Waals surface area (Å²) < 4.78 is 16.1. The molecule has 1 aliphatic heterocycles. The van der Waals surface area contributed by atoms with Crippen LogP contribution in [0.2, 0.25) is 0 Å². The molecule has 1 aliphatic rings. The number of methoxy groups -OCH3 is 1. The molecule has 140 valence electrons. The average molecular weight is 360 g/mol. The van der Waals surface area contributed by atoms with Crippen molar-refractivity contribution in [1.29, 1.82) is 0 Å². The minimum atomic E-state index is -0.0116. The Hall–Kier alpha value is -2.45. The molecule has 3 rings (SSSR count). The summed E-state index contributed by atoms with van der Waals surface area (Å²) in [7, 11) is 1.62. The average Bonchev–Trinajstić information content (AvgIpc) is 3.16. The summed E-state index contributed by atoms with van der Waals surface area (Å²) in [6, 6.07) is 7.38. The van der Waals surface area contributed by atoms with Crippen LogP contribution in [-0.4, -0.2) is 67.5 Å². The SMILES string of the molecule is COc1ccc(-c2nnc(CCC(=O)NCCN3CCOCC3)o2)cc1. The maximum Gasteiger partial charge on any atom is 0.247 e. The third kappa shape index (κ3) is 5.27. The van der Waals surface area contributed by atoms with Crippen molar-refractivity contribution in [2.24, 2.45) is 0 Å². The van der Waals surface area contributed by atoms with Gasteiger partial charge in [0.1, 0.15) is 5.75 Å². The highest BCUT2D eigenvalue weighted by atomic mass is 16.5. The molecule has 1 aromatic heterocycles. The summed E-state index contributed by atoms with van der Waals surface area (Å²) >= 11 is 0. The van der Waals surface area contributed by atoms with Crippen LogP contribution < -0.4 is 10.1 Å². The molecule has 26 heavy (non-hydrogen) atoms. The highest BCUT2D eigenvalue weighted by Crippen LogP contribution is 2.21. The summed E-state index contributed by atoms with van der Waals surface area (Å²) in [5.74, 6) is 1.65. The molecule has 8 nitrogen and oxygen atoms in total. The Bertz CT molecular complexity index is 695. The largest absolute Gasteiger partial charge is 0.497 e. The molecule has 0 bridgehead atoms. The molecular weight excluding hydrogens is 336 g/mol. The molecule has 2 aromatic rings. The van der Waals surface area contributed by atoms with Crippen LogP contribution in [0, 0.1) is 0 Å². The third-order valence-electron chi connectivity index (χ3n) is 4.22. The zero-order valence-electron chi connectivity index (χ0n) is 14.9. The van der Waals surface area contributed by atoms with Gasteiger partial charge in [0.15, 0.2) is 0 Å². The Morgan fingerprint density at radius 2 is 2.00 bits per heavy atom. The van der Waals surface area contributed by atoms with Crippen LogP contribution in [0.3, 0.4) is 0 Å². The number of carbonyl (C=O) groups is 1. The first kappa shape index (κ1) is 18.3. The number of rotatable bonds is 8. The smallest absolute Gasteiger partial charge is 0.247 e. The van der Waals surface area contributed by atoms with E-state index in [9.17, 15) is 4.79 Å². The van der Waals surface area contributed by atoms with E-state index < -0.39 is 0 Å². The number of hydrogen-bond acceptors (Lipinski definition) is 7. The highest BCUT2D eigenvalue weighted by molar-refractivity contribution is 5.76. The first-order valence-corrected chi connectivity index (χ1v) is 8.78. The van der Waals surface area contributed by atoms with Crippen molar-refractivity contribution in [3.8, 4) is 17.2 Å². The van der Waals surface area contributed by atoms with E-state index in [-0.39, 0.29) is 5.91 Å². The number of carbonyl (C=O) groups excluding carboxylic acids is 1. The van der Waals surface area contributed by atoms with Crippen LogP contribution in [0.1, 0.15) is 12.3 Å². The lowest BCUT2D eigenvalue weighted by molar-refractivity contribution is -0.121. The second-order valence-electron chi connectivity index (χ2n) is 6.03. The van der Waals surface area contributed by atoms with Crippen molar-refractivity contribution in [2.45, 2.75) is 12.8 Å². The van der Waals surface area contributed by atoms with Gasteiger partial charge in [-0.05, 0) is 24.3 Å². The predicted molar refractivity (Wildman–Crippen MR) is 94.9 cm³/mol. The number of ether oxygens (including phenoxy) is 2. The summed E-state index contributed by atoms with van der Waals surface area (Å²) in [5.41, 5.74) is 0.819. The minimum Gasteiger partial charge on any atom is -0.497 e. The Labute approximate surface area is 152 Å². The van der Waals surface area contributed by atoms with E-state index in [1.807, 2.05) is 24.3 Å². The molecule has 8 heteroatoms. The van der Waals surface area contributed by atoms with Gasteiger partial charge in [-0.15, -0.1) is 10.2 Å². The van der Waals surface area contributed by atoms with Crippen molar-refractivity contribution in [2.75, 3.05) is 46.5 Å². The third-order valence-corrected chi connectivity index (χ3v) is 4.22. The molecule has 0 unspecified atom stereocenters.